The minimum atomic E-state index is 0.878. The Morgan fingerprint density at radius 2 is 1.88 bits per heavy atom. The number of nitrogens with one attached hydrogen (secondary N) is 1. The minimum Gasteiger partial charge on any atom is -0.316 e. The van der Waals surface area contributed by atoms with Gasteiger partial charge in [-0.2, -0.15) is 0 Å². The molecule has 1 saturated heterocycles. The van der Waals surface area contributed by atoms with Crippen molar-refractivity contribution < 1.29 is 0 Å². The molecule has 2 nitrogen and oxygen atoms in total. The summed E-state index contributed by atoms with van der Waals surface area (Å²) < 4.78 is 0. The molecule has 2 rings (SSSR count). The van der Waals surface area contributed by atoms with Crippen LogP contribution in [0.1, 0.15) is 46.0 Å². The fourth-order valence-electron chi connectivity index (χ4n) is 3.21. The summed E-state index contributed by atoms with van der Waals surface area (Å²) in [7, 11) is 0. The summed E-state index contributed by atoms with van der Waals surface area (Å²) in [6.45, 7) is 9.85. The first-order valence-corrected chi connectivity index (χ1v) is 7.26. The zero-order valence-electron chi connectivity index (χ0n) is 11.0. The van der Waals surface area contributed by atoms with E-state index in [4.69, 9.17) is 0 Å². The van der Waals surface area contributed by atoms with Gasteiger partial charge in [0, 0.05) is 12.6 Å². The van der Waals surface area contributed by atoms with Crippen LogP contribution in [-0.2, 0) is 0 Å². The summed E-state index contributed by atoms with van der Waals surface area (Å²) in [5.41, 5.74) is 0. The largest absolute Gasteiger partial charge is 0.316 e. The number of rotatable bonds is 5. The van der Waals surface area contributed by atoms with Crippen molar-refractivity contribution in [2.75, 3.05) is 26.2 Å². The van der Waals surface area contributed by atoms with Crippen molar-refractivity contribution in [2.24, 2.45) is 11.8 Å². The molecule has 1 saturated carbocycles. The average molecular weight is 224 g/mol. The van der Waals surface area contributed by atoms with Crippen molar-refractivity contribution in [1.29, 1.82) is 0 Å². The van der Waals surface area contributed by atoms with Crippen LogP contribution in [-0.4, -0.2) is 37.1 Å². The molecule has 0 aromatic carbocycles. The lowest BCUT2D eigenvalue weighted by molar-refractivity contribution is 0.112. The molecule has 1 aliphatic heterocycles. The van der Waals surface area contributed by atoms with Crippen LogP contribution in [0.3, 0.4) is 0 Å². The third-order valence-electron chi connectivity index (χ3n) is 4.64. The highest BCUT2D eigenvalue weighted by molar-refractivity contribution is 4.83. The van der Waals surface area contributed by atoms with Crippen molar-refractivity contribution in [2.45, 2.75) is 52.0 Å². The second-order valence-corrected chi connectivity index (χ2v) is 5.78. The van der Waals surface area contributed by atoms with Gasteiger partial charge in [0.15, 0.2) is 0 Å². The smallest absolute Gasteiger partial charge is 0.00952 e. The standard InChI is InChI=1S/C14H28N2/c1-3-16(14-7-5-4-6-8-14)11-12(2)13-9-15-10-13/h12-15H,3-11H2,1-2H3. The molecule has 0 aromatic heterocycles. The molecule has 1 atom stereocenters. The highest BCUT2D eigenvalue weighted by atomic mass is 15.2. The second kappa shape index (κ2) is 6.02. The van der Waals surface area contributed by atoms with Crippen LogP contribution >= 0.6 is 0 Å². The highest BCUT2D eigenvalue weighted by Gasteiger charge is 2.27. The fraction of sp³-hybridized carbons (Fsp3) is 1.00. The van der Waals surface area contributed by atoms with Crippen LogP contribution in [0.4, 0.5) is 0 Å². The third-order valence-corrected chi connectivity index (χ3v) is 4.64. The van der Waals surface area contributed by atoms with Gasteiger partial charge in [0.25, 0.3) is 0 Å². The van der Waals surface area contributed by atoms with Gasteiger partial charge in [-0.15, -0.1) is 0 Å². The quantitative estimate of drug-likeness (QED) is 0.772. The van der Waals surface area contributed by atoms with E-state index < -0.39 is 0 Å². The van der Waals surface area contributed by atoms with Crippen LogP contribution in [0, 0.1) is 11.8 Å². The second-order valence-electron chi connectivity index (χ2n) is 5.78. The summed E-state index contributed by atoms with van der Waals surface area (Å²) >= 11 is 0. The predicted octanol–water partition coefficient (Wildman–Crippen LogP) is 2.50. The lowest BCUT2D eigenvalue weighted by Gasteiger charge is -2.39. The minimum absolute atomic E-state index is 0.878. The van der Waals surface area contributed by atoms with Gasteiger partial charge in [-0.25, -0.2) is 0 Å². The number of nitrogens with zero attached hydrogens (tertiary/aromatic N) is 1. The van der Waals surface area contributed by atoms with Gasteiger partial charge in [0.2, 0.25) is 0 Å². The first-order valence-electron chi connectivity index (χ1n) is 7.26. The summed E-state index contributed by atoms with van der Waals surface area (Å²) in [6.07, 6.45) is 7.28. The van der Waals surface area contributed by atoms with Crippen LogP contribution in [0.2, 0.25) is 0 Å². The molecule has 2 fully saturated rings. The summed E-state index contributed by atoms with van der Waals surface area (Å²) in [5, 5.41) is 3.39. The van der Waals surface area contributed by atoms with Crippen LogP contribution < -0.4 is 5.32 Å². The molecule has 0 bridgehead atoms. The highest BCUT2D eigenvalue weighted by Crippen LogP contribution is 2.25. The van der Waals surface area contributed by atoms with E-state index in [1.54, 1.807) is 0 Å². The van der Waals surface area contributed by atoms with Crippen molar-refractivity contribution in [1.82, 2.24) is 10.2 Å². The molecule has 2 heteroatoms. The van der Waals surface area contributed by atoms with Gasteiger partial charge >= 0.3 is 0 Å². The summed E-state index contributed by atoms with van der Waals surface area (Å²) in [4.78, 5) is 2.75. The molecule has 0 amide bonds. The van der Waals surface area contributed by atoms with Crippen molar-refractivity contribution >= 4 is 0 Å². The predicted molar refractivity (Wildman–Crippen MR) is 69.6 cm³/mol. The molecular formula is C14H28N2. The van der Waals surface area contributed by atoms with Crippen molar-refractivity contribution in [3.8, 4) is 0 Å². The maximum absolute atomic E-state index is 3.39. The normalized spacial score (nSPS) is 25.7. The molecule has 1 aliphatic carbocycles. The van der Waals surface area contributed by atoms with Crippen molar-refractivity contribution in [3.63, 3.8) is 0 Å². The van der Waals surface area contributed by atoms with E-state index in [1.807, 2.05) is 0 Å². The summed E-state index contributed by atoms with van der Waals surface area (Å²) in [6, 6.07) is 0.897. The molecule has 16 heavy (non-hydrogen) atoms. The van der Waals surface area contributed by atoms with Gasteiger partial charge in [-0.05, 0) is 44.3 Å². The molecule has 1 heterocycles. The number of hydrogen-bond acceptors (Lipinski definition) is 2. The van der Waals surface area contributed by atoms with Gasteiger partial charge in [-0.3, -0.25) is 0 Å². The maximum atomic E-state index is 3.39. The van der Waals surface area contributed by atoms with Crippen LogP contribution in [0.25, 0.3) is 0 Å². The average Bonchev–Trinajstić information content (AvgIpc) is 2.24. The van der Waals surface area contributed by atoms with Crippen LogP contribution in [0.15, 0.2) is 0 Å². The Morgan fingerprint density at radius 3 is 2.38 bits per heavy atom. The van der Waals surface area contributed by atoms with E-state index in [0.717, 1.165) is 17.9 Å². The molecular weight excluding hydrogens is 196 g/mol. The molecule has 2 aliphatic rings. The Bertz CT molecular complexity index is 195. The Morgan fingerprint density at radius 1 is 1.19 bits per heavy atom. The van der Waals surface area contributed by atoms with Crippen molar-refractivity contribution in [3.05, 3.63) is 0 Å². The third kappa shape index (κ3) is 2.98. The molecule has 0 aromatic rings. The Balaban J connectivity index is 1.78. The van der Waals surface area contributed by atoms with Crippen LogP contribution in [0.5, 0.6) is 0 Å². The van der Waals surface area contributed by atoms with E-state index in [9.17, 15) is 0 Å². The lowest BCUT2D eigenvalue weighted by atomic mass is 9.87. The van der Waals surface area contributed by atoms with E-state index >= 15 is 0 Å². The van der Waals surface area contributed by atoms with Gasteiger partial charge in [0.05, 0.1) is 0 Å². The molecule has 1 N–H and O–H groups in total. The topological polar surface area (TPSA) is 15.3 Å². The molecule has 0 radical (unpaired) electrons. The fourth-order valence-corrected chi connectivity index (χ4v) is 3.21. The Kier molecular flexibility index (Phi) is 4.66. The monoisotopic (exact) mass is 224 g/mol. The van der Waals surface area contributed by atoms with Gasteiger partial charge in [-0.1, -0.05) is 33.1 Å². The first kappa shape index (κ1) is 12.4. The van der Waals surface area contributed by atoms with E-state index in [-0.39, 0.29) is 0 Å². The zero-order chi connectivity index (χ0) is 11.4. The van der Waals surface area contributed by atoms with E-state index in [0.29, 0.717) is 0 Å². The summed E-state index contributed by atoms with van der Waals surface area (Å²) in [5.74, 6) is 1.82. The van der Waals surface area contributed by atoms with Gasteiger partial charge in [0.1, 0.15) is 0 Å². The Hall–Kier alpha value is -0.0800. The first-order chi connectivity index (χ1) is 7.81. The molecule has 94 valence electrons. The van der Waals surface area contributed by atoms with E-state index in [2.05, 4.69) is 24.1 Å². The maximum Gasteiger partial charge on any atom is 0.00952 e. The van der Waals surface area contributed by atoms with Gasteiger partial charge < -0.3 is 10.2 Å². The number of hydrogen-bond donors (Lipinski definition) is 1. The van der Waals surface area contributed by atoms with E-state index in [1.165, 1.54) is 58.3 Å². The molecule has 0 spiro atoms. The SMILES string of the molecule is CCN(CC(C)C1CNC1)C1CCCCC1. The molecule has 1 unspecified atom stereocenters. The zero-order valence-corrected chi connectivity index (χ0v) is 11.0. The Labute approximate surface area is 101 Å². The lowest BCUT2D eigenvalue weighted by Crippen LogP contribution is -2.49.